The van der Waals surface area contributed by atoms with Gasteiger partial charge in [0.1, 0.15) is 12.3 Å². The van der Waals surface area contributed by atoms with Crippen molar-refractivity contribution in [2.24, 2.45) is 0 Å². The molecule has 0 bridgehead atoms. The maximum absolute atomic E-state index is 12.1. The van der Waals surface area contributed by atoms with Crippen molar-refractivity contribution in [3.8, 4) is 5.75 Å². The fourth-order valence-electron chi connectivity index (χ4n) is 2.92. The van der Waals surface area contributed by atoms with E-state index >= 15 is 0 Å². The first kappa shape index (κ1) is 21.1. The number of rotatable bonds is 10. The Labute approximate surface area is 175 Å². The molecule has 0 aliphatic rings. The summed E-state index contributed by atoms with van der Waals surface area (Å²) in [5.74, 6) is 0.385. The summed E-state index contributed by atoms with van der Waals surface area (Å²) in [5.41, 5.74) is 2.55. The van der Waals surface area contributed by atoms with Gasteiger partial charge in [0.2, 0.25) is 11.8 Å². The quantitative estimate of drug-likeness (QED) is 0.532. The summed E-state index contributed by atoms with van der Waals surface area (Å²) in [4.78, 5) is 24.1. The highest BCUT2D eigenvalue weighted by molar-refractivity contribution is 5.90. The van der Waals surface area contributed by atoms with Crippen LogP contribution in [0.15, 0.2) is 48.8 Å². The second-order valence-corrected chi connectivity index (χ2v) is 6.89. The largest absolute Gasteiger partial charge is 0.493 e. The Bertz CT molecular complexity index is 980. The molecule has 2 amide bonds. The fourth-order valence-corrected chi connectivity index (χ4v) is 2.92. The number of benzene rings is 1. The van der Waals surface area contributed by atoms with E-state index in [9.17, 15) is 9.59 Å². The molecule has 2 N–H and O–H groups in total. The molecule has 0 saturated carbocycles. The number of nitrogens with one attached hydrogen (secondary N) is 2. The van der Waals surface area contributed by atoms with E-state index in [0.717, 1.165) is 17.1 Å². The smallest absolute Gasteiger partial charge is 0.241 e. The normalized spacial score (nSPS) is 10.6. The first-order chi connectivity index (χ1) is 14.5. The maximum atomic E-state index is 12.1. The SMILES string of the molecule is Cc1cc(C)n(CCNC(=O)Cn2cc(NC(=O)CCOc3ccccc3)cn2)n1. The topological polar surface area (TPSA) is 103 Å². The maximum Gasteiger partial charge on any atom is 0.241 e. The van der Waals surface area contributed by atoms with Crippen LogP contribution in [0.25, 0.3) is 0 Å². The summed E-state index contributed by atoms with van der Waals surface area (Å²) >= 11 is 0. The van der Waals surface area contributed by atoms with E-state index in [0.29, 0.717) is 18.8 Å². The molecule has 0 unspecified atom stereocenters. The van der Waals surface area contributed by atoms with Gasteiger partial charge in [0, 0.05) is 18.4 Å². The molecule has 0 radical (unpaired) electrons. The van der Waals surface area contributed by atoms with E-state index in [1.165, 1.54) is 10.9 Å². The number of amides is 2. The van der Waals surface area contributed by atoms with E-state index in [2.05, 4.69) is 20.8 Å². The molecule has 0 atom stereocenters. The molecule has 0 spiro atoms. The lowest BCUT2D eigenvalue weighted by Gasteiger charge is -2.07. The van der Waals surface area contributed by atoms with E-state index in [1.807, 2.05) is 54.9 Å². The first-order valence-electron chi connectivity index (χ1n) is 9.77. The summed E-state index contributed by atoms with van der Waals surface area (Å²) in [5, 5.41) is 14.1. The number of carbonyl (C=O) groups excluding carboxylic acids is 2. The number of hydrogen-bond acceptors (Lipinski definition) is 5. The molecule has 9 nitrogen and oxygen atoms in total. The van der Waals surface area contributed by atoms with Crippen LogP contribution in [-0.2, 0) is 22.7 Å². The van der Waals surface area contributed by atoms with Crippen LogP contribution in [0.1, 0.15) is 17.8 Å². The van der Waals surface area contributed by atoms with Gasteiger partial charge in [-0.3, -0.25) is 19.0 Å². The summed E-state index contributed by atoms with van der Waals surface area (Å²) in [6.07, 6.45) is 3.35. The van der Waals surface area contributed by atoms with Crippen molar-refractivity contribution in [3.05, 3.63) is 60.2 Å². The molecular formula is C21H26N6O3. The van der Waals surface area contributed by atoms with Crippen LogP contribution >= 0.6 is 0 Å². The predicted molar refractivity (Wildman–Crippen MR) is 112 cm³/mol. The Morgan fingerprint density at radius 1 is 1.13 bits per heavy atom. The Morgan fingerprint density at radius 2 is 1.93 bits per heavy atom. The fraction of sp³-hybridized carbons (Fsp3) is 0.333. The molecule has 0 aliphatic carbocycles. The molecule has 158 valence electrons. The molecule has 9 heteroatoms. The van der Waals surface area contributed by atoms with Gasteiger partial charge in [-0.05, 0) is 32.0 Å². The Balaban J connectivity index is 1.36. The van der Waals surface area contributed by atoms with Gasteiger partial charge >= 0.3 is 0 Å². The molecule has 3 aromatic rings. The van der Waals surface area contributed by atoms with Crippen molar-refractivity contribution in [2.75, 3.05) is 18.5 Å². The number of anilines is 1. The number of ether oxygens (including phenoxy) is 1. The lowest BCUT2D eigenvalue weighted by molar-refractivity contribution is -0.122. The summed E-state index contributed by atoms with van der Waals surface area (Å²) in [6, 6.07) is 11.3. The van der Waals surface area contributed by atoms with Crippen molar-refractivity contribution >= 4 is 17.5 Å². The third kappa shape index (κ3) is 6.47. The number of carbonyl (C=O) groups is 2. The van der Waals surface area contributed by atoms with Crippen LogP contribution in [0.2, 0.25) is 0 Å². The molecule has 3 rings (SSSR count). The summed E-state index contributed by atoms with van der Waals surface area (Å²) in [7, 11) is 0. The molecule has 0 saturated heterocycles. The Kier molecular flexibility index (Phi) is 7.20. The Morgan fingerprint density at radius 3 is 2.67 bits per heavy atom. The molecule has 1 aromatic carbocycles. The van der Waals surface area contributed by atoms with Gasteiger partial charge < -0.3 is 15.4 Å². The van der Waals surface area contributed by atoms with E-state index in [-0.39, 0.29) is 31.4 Å². The lowest BCUT2D eigenvalue weighted by Crippen LogP contribution is -2.31. The van der Waals surface area contributed by atoms with E-state index < -0.39 is 0 Å². The highest BCUT2D eigenvalue weighted by atomic mass is 16.5. The van der Waals surface area contributed by atoms with E-state index in [1.54, 1.807) is 6.20 Å². The Hall–Kier alpha value is -3.62. The van der Waals surface area contributed by atoms with Gasteiger partial charge in [-0.2, -0.15) is 10.2 Å². The van der Waals surface area contributed by atoms with Gasteiger partial charge in [0.05, 0.1) is 37.2 Å². The zero-order valence-electron chi connectivity index (χ0n) is 17.2. The van der Waals surface area contributed by atoms with Crippen molar-refractivity contribution < 1.29 is 14.3 Å². The summed E-state index contributed by atoms with van der Waals surface area (Å²) < 4.78 is 8.85. The number of hydrogen-bond donors (Lipinski definition) is 2. The monoisotopic (exact) mass is 410 g/mol. The van der Waals surface area contributed by atoms with Crippen LogP contribution < -0.4 is 15.4 Å². The zero-order valence-corrected chi connectivity index (χ0v) is 17.2. The average molecular weight is 410 g/mol. The number of aryl methyl sites for hydroxylation is 2. The predicted octanol–water partition coefficient (Wildman–Crippen LogP) is 1.92. The number of para-hydroxylation sites is 1. The number of aromatic nitrogens is 4. The minimum absolute atomic E-state index is 0.0735. The zero-order chi connectivity index (χ0) is 21.3. The van der Waals surface area contributed by atoms with Crippen LogP contribution in [0.4, 0.5) is 5.69 Å². The lowest BCUT2D eigenvalue weighted by atomic mass is 10.3. The van der Waals surface area contributed by atoms with Gasteiger partial charge in [-0.15, -0.1) is 0 Å². The number of nitrogens with zero attached hydrogens (tertiary/aromatic N) is 4. The first-order valence-corrected chi connectivity index (χ1v) is 9.77. The third-order valence-electron chi connectivity index (χ3n) is 4.31. The standard InChI is InChI=1S/C21H26N6O3/c1-16-12-17(2)27(25-16)10-9-22-21(29)15-26-14-18(13-23-26)24-20(28)8-11-30-19-6-4-3-5-7-19/h3-7,12-14H,8-11,15H2,1-2H3,(H,22,29)(H,24,28). The van der Waals surface area contributed by atoms with E-state index in [4.69, 9.17) is 4.74 Å². The van der Waals surface area contributed by atoms with Crippen molar-refractivity contribution in [1.82, 2.24) is 24.9 Å². The van der Waals surface area contributed by atoms with Crippen LogP contribution in [0.3, 0.4) is 0 Å². The molecule has 2 heterocycles. The average Bonchev–Trinajstić information content (AvgIpc) is 3.27. The van der Waals surface area contributed by atoms with Crippen molar-refractivity contribution in [1.29, 1.82) is 0 Å². The van der Waals surface area contributed by atoms with Gasteiger partial charge in [-0.25, -0.2) is 0 Å². The molecule has 30 heavy (non-hydrogen) atoms. The summed E-state index contributed by atoms with van der Waals surface area (Å²) in [6.45, 7) is 5.36. The molecule has 0 aliphatic heterocycles. The van der Waals surface area contributed by atoms with Crippen LogP contribution in [-0.4, -0.2) is 44.5 Å². The van der Waals surface area contributed by atoms with Crippen molar-refractivity contribution in [3.63, 3.8) is 0 Å². The highest BCUT2D eigenvalue weighted by Gasteiger charge is 2.08. The van der Waals surface area contributed by atoms with Crippen molar-refractivity contribution in [2.45, 2.75) is 33.4 Å². The van der Waals surface area contributed by atoms with Crippen LogP contribution in [0, 0.1) is 13.8 Å². The van der Waals surface area contributed by atoms with Crippen LogP contribution in [0.5, 0.6) is 5.75 Å². The minimum Gasteiger partial charge on any atom is -0.493 e. The highest BCUT2D eigenvalue weighted by Crippen LogP contribution is 2.09. The molecule has 0 fully saturated rings. The second kappa shape index (κ2) is 10.2. The third-order valence-corrected chi connectivity index (χ3v) is 4.31. The van der Waals surface area contributed by atoms with Gasteiger partial charge in [0.15, 0.2) is 0 Å². The second-order valence-electron chi connectivity index (χ2n) is 6.89. The molecular weight excluding hydrogens is 384 g/mol. The van der Waals surface area contributed by atoms with Gasteiger partial charge in [0.25, 0.3) is 0 Å². The minimum atomic E-state index is -0.181. The van der Waals surface area contributed by atoms with Gasteiger partial charge in [-0.1, -0.05) is 18.2 Å². The molecule has 2 aromatic heterocycles.